The first-order valence-electron chi connectivity index (χ1n) is 6.99. The summed E-state index contributed by atoms with van der Waals surface area (Å²) in [5.41, 5.74) is -0.337. The van der Waals surface area contributed by atoms with Gasteiger partial charge >= 0.3 is 5.97 Å². The van der Waals surface area contributed by atoms with Crippen LogP contribution < -0.4 is 5.32 Å². The average molecular weight is 293 g/mol. The van der Waals surface area contributed by atoms with E-state index in [0.717, 1.165) is 5.56 Å². The molecule has 5 nitrogen and oxygen atoms in total. The molecule has 0 saturated carbocycles. The fourth-order valence-corrected chi connectivity index (χ4v) is 2.03. The minimum absolute atomic E-state index is 0.122. The van der Waals surface area contributed by atoms with E-state index in [2.05, 4.69) is 5.32 Å². The minimum atomic E-state index is -1.12. The Morgan fingerprint density at radius 2 is 1.81 bits per heavy atom. The molecule has 116 valence electrons. The molecule has 3 N–H and O–H groups in total. The molecule has 1 unspecified atom stereocenters. The van der Waals surface area contributed by atoms with Gasteiger partial charge in [-0.2, -0.15) is 0 Å². The minimum Gasteiger partial charge on any atom is -0.481 e. The summed E-state index contributed by atoms with van der Waals surface area (Å²) in [6.45, 7) is 4.89. The molecule has 1 amide bonds. The number of aliphatic hydroxyl groups is 1. The monoisotopic (exact) mass is 293 g/mol. The zero-order chi connectivity index (χ0) is 16.0. The maximum atomic E-state index is 12.1. The highest BCUT2D eigenvalue weighted by Crippen LogP contribution is 2.31. The van der Waals surface area contributed by atoms with Crippen molar-refractivity contribution in [3.05, 3.63) is 35.9 Å². The van der Waals surface area contributed by atoms with Crippen molar-refractivity contribution in [1.82, 2.24) is 5.32 Å². The molecule has 0 heterocycles. The molecule has 0 saturated heterocycles. The van der Waals surface area contributed by atoms with Gasteiger partial charge in [-0.15, -0.1) is 0 Å². The summed E-state index contributed by atoms with van der Waals surface area (Å²) < 4.78 is 0. The quantitative estimate of drug-likeness (QED) is 0.717. The van der Waals surface area contributed by atoms with Crippen molar-refractivity contribution in [3.63, 3.8) is 0 Å². The number of amides is 1. The Labute approximate surface area is 125 Å². The van der Waals surface area contributed by atoms with Crippen molar-refractivity contribution in [2.24, 2.45) is 11.3 Å². The standard InChI is InChI=1S/C16H23NO4/c1-11(2)16(3,15(20)21)9-14(19)17-13(10-18)12-7-5-4-6-8-12/h4-8,11,13,18H,9-10H2,1-3H3,(H,17,19)(H,20,21)/t13-,16?/m0/s1. The van der Waals surface area contributed by atoms with Gasteiger partial charge in [0, 0.05) is 6.42 Å². The van der Waals surface area contributed by atoms with E-state index < -0.39 is 17.4 Å². The van der Waals surface area contributed by atoms with Gasteiger partial charge in [-0.05, 0) is 18.4 Å². The molecule has 1 aromatic rings. The zero-order valence-electron chi connectivity index (χ0n) is 12.7. The molecule has 1 rings (SSSR count). The molecule has 0 radical (unpaired) electrons. The van der Waals surface area contributed by atoms with Crippen molar-refractivity contribution < 1.29 is 19.8 Å². The van der Waals surface area contributed by atoms with Gasteiger partial charge in [-0.1, -0.05) is 44.2 Å². The fourth-order valence-electron chi connectivity index (χ4n) is 2.03. The van der Waals surface area contributed by atoms with Crippen LogP contribution in [0.15, 0.2) is 30.3 Å². The van der Waals surface area contributed by atoms with Crippen molar-refractivity contribution in [2.45, 2.75) is 33.2 Å². The summed E-state index contributed by atoms with van der Waals surface area (Å²) in [7, 11) is 0. The number of carbonyl (C=O) groups excluding carboxylic acids is 1. The molecule has 21 heavy (non-hydrogen) atoms. The molecule has 0 aromatic heterocycles. The lowest BCUT2D eigenvalue weighted by Gasteiger charge is -2.29. The molecule has 0 aliphatic rings. The number of carboxylic acids is 1. The second-order valence-electron chi connectivity index (χ2n) is 5.77. The van der Waals surface area contributed by atoms with Gasteiger partial charge < -0.3 is 15.5 Å². The van der Waals surface area contributed by atoms with Crippen LogP contribution in [0.1, 0.15) is 38.8 Å². The van der Waals surface area contributed by atoms with Gasteiger partial charge in [-0.3, -0.25) is 9.59 Å². The number of carboxylic acid groups (broad SMARTS) is 1. The van der Waals surface area contributed by atoms with E-state index in [1.54, 1.807) is 32.9 Å². The Kier molecular flexibility index (Phi) is 5.90. The van der Waals surface area contributed by atoms with Crippen LogP contribution in [0.2, 0.25) is 0 Å². The lowest BCUT2D eigenvalue weighted by atomic mass is 9.76. The third-order valence-corrected chi connectivity index (χ3v) is 4.01. The predicted octanol–water partition coefficient (Wildman–Crippen LogP) is 1.97. The molecule has 0 aliphatic heterocycles. The first-order chi connectivity index (χ1) is 9.81. The molecule has 0 spiro atoms. The number of aliphatic hydroxyl groups excluding tert-OH is 1. The van der Waals surface area contributed by atoms with Crippen LogP contribution in [0.3, 0.4) is 0 Å². The summed E-state index contributed by atoms with van der Waals surface area (Å²) in [4.78, 5) is 23.5. The first-order valence-corrected chi connectivity index (χ1v) is 6.99. The highest BCUT2D eigenvalue weighted by molar-refractivity contribution is 5.85. The normalized spacial score (nSPS) is 15.3. The van der Waals surface area contributed by atoms with Crippen molar-refractivity contribution in [3.8, 4) is 0 Å². The van der Waals surface area contributed by atoms with Crippen molar-refractivity contribution >= 4 is 11.9 Å². The Morgan fingerprint density at radius 1 is 1.24 bits per heavy atom. The summed E-state index contributed by atoms with van der Waals surface area (Å²) >= 11 is 0. The number of carbonyl (C=O) groups is 2. The maximum absolute atomic E-state index is 12.1. The van der Waals surface area contributed by atoms with Gasteiger partial charge in [0.2, 0.25) is 5.91 Å². The lowest BCUT2D eigenvalue weighted by molar-refractivity contribution is -0.153. The summed E-state index contributed by atoms with van der Waals surface area (Å²) in [6, 6.07) is 8.57. The summed E-state index contributed by atoms with van der Waals surface area (Å²) in [6.07, 6.45) is -0.122. The van der Waals surface area contributed by atoms with E-state index in [1.807, 2.05) is 18.2 Å². The van der Waals surface area contributed by atoms with Gasteiger partial charge in [0.1, 0.15) is 0 Å². The van der Waals surface area contributed by atoms with Crippen LogP contribution in [-0.2, 0) is 9.59 Å². The molecule has 0 aliphatic carbocycles. The largest absolute Gasteiger partial charge is 0.481 e. The second kappa shape index (κ2) is 7.22. The van der Waals surface area contributed by atoms with Crippen LogP contribution >= 0.6 is 0 Å². The number of hydrogen-bond acceptors (Lipinski definition) is 3. The molecule has 5 heteroatoms. The highest BCUT2D eigenvalue weighted by Gasteiger charge is 2.39. The maximum Gasteiger partial charge on any atom is 0.310 e. The summed E-state index contributed by atoms with van der Waals surface area (Å²) in [5.74, 6) is -1.55. The Balaban J connectivity index is 2.78. The van der Waals surface area contributed by atoms with Gasteiger partial charge in [0.15, 0.2) is 0 Å². The van der Waals surface area contributed by atoms with E-state index in [1.165, 1.54) is 0 Å². The van der Waals surface area contributed by atoms with Crippen LogP contribution in [0.25, 0.3) is 0 Å². The lowest BCUT2D eigenvalue weighted by Crippen LogP contribution is -2.40. The van der Waals surface area contributed by atoms with Crippen LogP contribution in [0, 0.1) is 11.3 Å². The van der Waals surface area contributed by atoms with E-state index in [-0.39, 0.29) is 24.9 Å². The highest BCUT2D eigenvalue weighted by atomic mass is 16.4. The van der Waals surface area contributed by atoms with Crippen LogP contribution in [0.5, 0.6) is 0 Å². The van der Waals surface area contributed by atoms with Crippen molar-refractivity contribution in [2.75, 3.05) is 6.61 Å². The summed E-state index contributed by atoms with van der Waals surface area (Å²) in [5, 5.41) is 21.4. The van der Waals surface area contributed by atoms with Crippen molar-refractivity contribution in [1.29, 1.82) is 0 Å². The smallest absolute Gasteiger partial charge is 0.310 e. The number of benzene rings is 1. The Hall–Kier alpha value is -1.88. The number of nitrogens with one attached hydrogen (secondary N) is 1. The first kappa shape index (κ1) is 17.2. The average Bonchev–Trinajstić information content (AvgIpc) is 2.45. The van der Waals surface area contributed by atoms with Crippen LogP contribution in [-0.4, -0.2) is 28.7 Å². The third-order valence-electron chi connectivity index (χ3n) is 4.01. The fraction of sp³-hybridized carbons (Fsp3) is 0.500. The number of aliphatic carboxylic acids is 1. The third kappa shape index (κ3) is 4.29. The van der Waals surface area contributed by atoms with E-state index in [0.29, 0.717) is 0 Å². The van der Waals surface area contributed by atoms with E-state index >= 15 is 0 Å². The second-order valence-corrected chi connectivity index (χ2v) is 5.77. The van der Waals surface area contributed by atoms with E-state index in [9.17, 15) is 19.8 Å². The Morgan fingerprint density at radius 3 is 2.24 bits per heavy atom. The van der Waals surface area contributed by atoms with E-state index in [4.69, 9.17) is 0 Å². The number of rotatable bonds is 7. The Bertz CT molecular complexity index is 486. The van der Waals surface area contributed by atoms with Crippen LogP contribution in [0.4, 0.5) is 0 Å². The molecule has 0 bridgehead atoms. The zero-order valence-corrected chi connectivity index (χ0v) is 12.7. The van der Waals surface area contributed by atoms with Gasteiger partial charge in [0.25, 0.3) is 0 Å². The molecule has 2 atom stereocenters. The molecular formula is C16H23NO4. The predicted molar refractivity (Wildman–Crippen MR) is 79.6 cm³/mol. The molecular weight excluding hydrogens is 270 g/mol. The van der Waals surface area contributed by atoms with Gasteiger partial charge in [0.05, 0.1) is 18.1 Å². The topological polar surface area (TPSA) is 86.6 Å². The van der Waals surface area contributed by atoms with Gasteiger partial charge in [-0.25, -0.2) is 0 Å². The molecule has 0 fully saturated rings. The molecule has 1 aromatic carbocycles. The SMILES string of the molecule is CC(C)C(C)(CC(=O)N[C@@H](CO)c1ccccc1)C(=O)O. The number of hydrogen-bond donors (Lipinski definition) is 3.